The second-order valence-electron chi connectivity index (χ2n) is 7.39. The average molecular weight is 474 g/mol. The van der Waals surface area contributed by atoms with Gasteiger partial charge in [-0.3, -0.25) is 4.72 Å². The van der Waals surface area contributed by atoms with E-state index in [1.54, 1.807) is 55.5 Å². The molecule has 0 aromatic heterocycles. The molecule has 0 radical (unpaired) electrons. The zero-order valence-electron chi connectivity index (χ0n) is 18.5. The summed E-state index contributed by atoms with van der Waals surface area (Å²) in [5, 5.41) is 3.73. The minimum absolute atomic E-state index is 0.189. The number of allylic oxidation sites excluding steroid dienone is 1. The van der Waals surface area contributed by atoms with Gasteiger partial charge in [0.05, 0.1) is 23.1 Å². The van der Waals surface area contributed by atoms with Crippen LogP contribution in [0.5, 0.6) is 0 Å². The molecule has 0 saturated carbocycles. The number of hydrogen-bond donors (Lipinski definition) is 2. The van der Waals surface area contributed by atoms with Gasteiger partial charge in [0.1, 0.15) is 0 Å². The van der Waals surface area contributed by atoms with Gasteiger partial charge < -0.3 is 15.0 Å². The SMILES string of the molecule is CCOC(=O)C1=C(C)N(CC)C(=S)NC1c1ccc(NS(=O)(=O)c2ccc(C)cc2)cc1. The van der Waals surface area contributed by atoms with E-state index >= 15 is 0 Å². The molecule has 0 bridgehead atoms. The summed E-state index contributed by atoms with van der Waals surface area (Å²) in [4.78, 5) is 14.8. The van der Waals surface area contributed by atoms with Gasteiger partial charge in [0.2, 0.25) is 0 Å². The monoisotopic (exact) mass is 473 g/mol. The minimum atomic E-state index is -3.70. The van der Waals surface area contributed by atoms with Crippen LogP contribution in [0.1, 0.15) is 37.9 Å². The highest BCUT2D eigenvalue weighted by Crippen LogP contribution is 2.32. The zero-order chi connectivity index (χ0) is 23.5. The number of carbonyl (C=O) groups is 1. The third kappa shape index (κ3) is 4.94. The first-order valence-corrected chi connectivity index (χ1v) is 12.2. The van der Waals surface area contributed by atoms with Crippen LogP contribution in [0.4, 0.5) is 5.69 Å². The highest BCUT2D eigenvalue weighted by Gasteiger charge is 2.34. The van der Waals surface area contributed by atoms with E-state index in [1.165, 1.54) is 0 Å². The summed E-state index contributed by atoms with van der Waals surface area (Å²) < 4.78 is 33.2. The van der Waals surface area contributed by atoms with Crippen LogP contribution in [-0.4, -0.2) is 37.6 Å². The van der Waals surface area contributed by atoms with Crippen molar-refractivity contribution in [3.8, 4) is 0 Å². The summed E-state index contributed by atoms with van der Waals surface area (Å²) in [5.74, 6) is -0.410. The van der Waals surface area contributed by atoms with Crippen molar-refractivity contribution in [1.29, 1.82) is 0 Å². The Hall–Kier alpha value is -2.91. The molecule has 2 aromatic rings. The van der Waals surface area contributed by atoms with Crippen LogP contribution in [0.2, 0.25) is 0 Å². The number of nitrogens with one attached hydrogen (secondary N) is 2. The molecule has 9 heteroatoms. The minimum Gasteiger partial charge on any atom is -0.463 e. The Morgan fingerprint density at radius 2 is 1.72 bits per heavy atom. The lowest BCUT2D eigenvalue weighted by molar-refractivity contribution is -0.139. The standard InChI is InChI=1S/C23H27N3O4S2/c1-5-26-16(4)20(22(27)30-6-2)21(24-23(26)31)17-9-11-18(12-10-17)25-32(28,29)19-13-7-15(3)8-14-19/h7-14,21,25H,5-6H2,1-4H3,(H,24,31). The Kier molecular flexibility index (Phi) is 7.20. The molecule has 0 amide bonds. The second kappa shape index (κ2) is 9.70. The molecule has 1 aliphatic heterocycles. The molecule has 1 heterocycles. The Bertz CT molecular complexity index is 1140. The maximum Gasteiger partial charge on any atom is 0.338 e. The number of benzene rings is 2. The van der Waals surface area contributed by atoms with Gasteiger partial charge in [0.15, 0.2) is 5.11 Å². The number of sulfonamides is 1. The number of carbonyl (C=O) groups excluding carboxylic acids is 1. The molecular weight excluding hydrogens is 446 g/mol. The highest BCUT2D eigenvalue weighted by molar-refractivity contribution is 7.92. The van der Waals surface area contributed by atoms with Crippen molar-refractivity contribution in [2.24, 2.45) is 0 Å². The van der Waals surface area contributed by atoms with E-state index in [0.29, 0.717) is 22.9 Å². The van der Waals surface area contributed by atoms with E-state index in [0.717, 1.165) is 16.8 Å². The van der Waals surface area contributed by atoms with Gasteiger partial charge in [-0.2, -0.15) is 0 Å². The van der Waals surface area contributed by atoms with E-state index < -0.39 is 22.0 Å². The van der Waals surface area contributed by atoms with Gasteiger partial charge in [0, 0.05) is 17.9 Å². The number of ether oxygens (including phenoxy) is 1. The van der Waals surface area contributed by atoms with Crippen LogP contribution in [0.15, 0.2) is 64.7 Å². The zero-order valence-corrected chi connectivity index (χ0v) is 20.1. The quantitative estimate of drug-likeness (QED) is 0.466. The van der Waals surface area contributed by atoms with Crippen LogP contribution in [0, 0.1) is 6.92 Å². The molecule has 2 N–H and O–H groups in total. The van der Waals surface area contributed by atoms with Crippen molar-refractivity contribution < 1.29 is 17.9 Å². The first kappa shape index (κ1) is 23.7. The lowest BCUT2D eigenvalue weighted by Crippen LogP contribution is -2.47. The Labute approximate surface area is 194 Å². The van der Waals surface area contributed by atoms with Crippen molar-refractivity contribution in [1.82, 2.24) is 10.2 Å². The molecule has 0 spiro atoms. The number of rotatable bonds is 7. The number of anilines is 1. The number of hydrogen-bond acceptors (Lipinski definition) is 5. The Morgan fingerprint density at radius 1 is 1.09 bits per heavy atom. The number of aryl methyl sites for hydroxylation is 1. The van der Waals surface area contributed by atoms with Gasteiger partial charge >= 0.3 is 5.97 Å². The third-order valence-electron chi connectivity index (χ3n) is 5.24. The molecule has 1 aliphatic rings. The fourth-order valence-corrected chi connectivity index (χ4v) is 5.00. The predicted molar refractivity (Wildman–Crippen MR) is 129 cm³/mol. The van der Waals surface area contributed by atoms with Crippen molar-refractivity contribution in [2.75, 3.05) is 17.9 Å². The lowest BCUT2D eigenvalue weighted by Gasteiger charge is -2.37. The number of esters is 1. The van der Waals surface area contributed by atoms with Crippen LogP contribution in [0.25, 0.3) is 0 Å². The van der Waals surface area contributed by atoms with Gasteiger partial charge in [-0.25, -0.2) is 13.2 Å². The van der Waals surface area contributed by atoms with Crippen LogP contribution < -0.4 is 10.0 Å². The molecule has 7 nitrogen and oxygen atoms in total. The van der Waals surface area contributed by atoms with Gasteiger partial charge in [-0.05, 0) is 69.7 Å². The van der Waals surface area contributed by atoms with Crippen LogP contribution in [-0.2, 0) is 19.6 Å². The predicted octanol–water partition coefficient (Wildman–Crippen LogP) is 3.88. The van der Waals surface area contributed by atoms with Crippen molar-refractivity contribution in [3.63, 3.8) is 0 Å². The molecule has 0 aliphatic carbocycles. The van der Waals surface area contributed by atoms with E-state index in [1.807, 2.05) is 25.7 Å². The van der Waals surface area contributed by atoms with E-state index in [4.69, 9.17) is 17.0 Å². The molecule has 0 saturated heterocycles. The molecule has 3 rings (SSSR count). The van der Waals surface area contributed by atoms with Crippen molar-refractivity contribution in [3.05, 3.63) is 70.9 Å². The fraction of sp³-hybridized carbons (Fsp3) is 0.304. The summed E-state index contributed by atoms with van der Waals surface area (Å²) in [7, 11) is -3.70. The lowest BCUT2D eigenvalue weighted by atomic mass is 9.95. The normalized spacial score (nSPS) is 16.6. The van der Waals surface area contributed by atoms with Gasteiger partial charge in [0.25, 0.3) is 10.0 Å². The molecule has 2 aromatic carbocycles. The summed E-state index contributed by atoms with van der Waals surface area (Å²) in [6.07, 6.45) is 0. The van der Waals surface area contributed by atoms with E-state index in [2.05, 4.69) is 10.0 Å². The van der Waals surface area contributed by atoms with Crippen LogP contribution >= 0.6 is 12.2 Å². The first-order chi connectivity index (χ1) is 15.2. The third-order valence-corrected chi connectivity index (χ3v) is 6.97. The van der Waals surface area contributed by atoms with Crippen molar-refractivity contribution in [2.45, 2.75) is 38.6 Å². The largest absolute Gasteiger partial charge is 0.463 e. The summed E-state index contributed by atoms with van der Waals surface area (Å²) in [6, 6.07) is 13.0. The molecule has 170 valence electrons. The number of thiocarbonyl (C=S) groups is 1. The topological polar surface area (TPSA) is 87.7 Å². The highest BCUT2D eigenvalue weighted by atomic mass is 32.2. The number of nitrogens with zero attached hydrogens (tertiary/aromatic N) is 1. The molecule has 32 heavy (non-hydrogen) atoms. The molecule has 0 fully saturated rings. The Balaban J connectivity index is 1.89. The smallest absolute Gasteiger partial charge is 0.338 e. The fourth-order valence-electron chi connectivity index (χ4n) is 3.56. The maximum absolute atomic E-state index is 12.7. The molecule has 1 unspecified atom stereocenters. The van der Waals surface area contributed by atoms with Crippen LogP contribution in [0.3, 0.4) is 0 Å². The maximum atomic E-state index is 12.7. The summed E-state index contributed by atoms with van der Waals surface area (Å²) in [5.41, 5.74) is 3.39. The second-order valence-corrected chi connectivity index (χ2v) is 9.46. The van der Waals surface area contributed by atoms with Crippen molar-refractivity contribution >= 4 is 39.0 Å². The average Bonchev–Trinajstić information content (AvgIpc) is 2.74. The summed E-state index contributed by atoms with van der Waals surface area (Å²) >= 11 is 5.48. The van der Waals surface area contributed by atoms with Gasteiger partial charge in [-0.1, -0.05) is 29.8 Å². The molecular formula is C23H27N3O4S2. The molecule has 1 atom stereocenters. The van der Waals surface area contributed by atoms with E-state index in [9.17, 15) is 13.2 Å². The first-order valence-electron chi connectivity index (χ1n) is 10.3. The van der Waals surface area contributed by atoms with E-state index in [-0.39, 0.29) is 11.5 Å². The Morgan fingerprint density at radius 3 is 2.28 bits per heavy atom. The summed E-state index contributed by atoms with van der Waals surface area (Å²) in [6.45, 7) is 8.34. The van der Waals surface area contributed by atoms with Gasteiger partial charge in [-0.15, -0.1) is 0 Å².